The molecule has 0 aliphatic heterocycles. The summed E-state index contributed by atoms with van der Waals surface area (Å²) in [5.74, 6) is 0.184. The van der Waals surface area contributed by atoms with Crippen LogP contribution in [0.5, 0.6) is 11.5 Å². The van der Waals surface area contributed by atoms with Crippen LogP contribution in [0, 0.1) is 0 Å². The highest BCUT2D eigenvalue weighted by Crippen LogP contribution is 2.28. The van der Waals surface area contributed by atoms with Gasteiger partial charge in [0, 0.05) is 17.7 Å². The summed E-state index contributed by atoms with van der Waals surface area (Å²) in [7, 11) is 1.15. The Morgan fingerprint density at radius 2 is 1.56 bits per heavy atom. The summed E-state index contributed by atoms with van der Waals surface area (Å²) in [5, 5.41) is 24.3. The van der Waals surface area contributed by atoms with E-state index in [-0.39, 0.29) is 38.1 Å². The summed E-state index contributed by atoms with van der Waals surface area (Å²) in [6.45, 7) is 1.88. The highest BCUT2D eigenvalue weighted by Gasteiger charge is 2.22. The fourth-order valence-corrected chi connectivity index (χ4v) is 4.18. The second kappa shape index (κ2) is 16.6. The fourth-order valence-electron chi connectivity index (χ4n) is 4.18. The van der Waals surface area contributed by atoms with E-state index in [1.807, 2.05) is 30.3 Å². The third-order valence-corrected chi connectivity index (χ3v) is 6.23. The molecule has 1 atom stereocenters. The molecule has 0 spiro atoms. The van der Waals surface area contributed by atoms with E-state index >= 15 is 0 Å². The van der Waals surface area contributed by atoms with Gasteiger partial charge >= 0.3 is 25.3 Å². The molecular weight excluding hydrogens is 559 g/mol. The van der Waals surface area contributed by atoms with Gasteiger partial charge in [-0.2, -0.15) is 0 Å². The number of rotatable bonds is 14. The van der Waals surface area contributed by atoms with Gasteiger partial charge in [-0.1, -0.05) is 42.5 Å². The minimum absolute atomic E-state index is 0.0421. The lowest BCUT2D eigenvalue weighted by Gasteiger charge is -2.19. The van der Waals surface area contributed by atoms with E-state index in [1.165, 1.54) is 26.4 Å². The molecule has 0 saturated carbocycles. The van der Waals surface area contributed by atoms with Gasteiger partial charge < -0.3 is 39.0 Å². The molecule has 228 valence electrons. The van der Waals surface area contributed by atoms with Crippen molar-refractivity contribution in [3.63, 3.8) is 0 Å². The van der Waals surface area contributed by atoms with Crippen LogP contribution in [-0.4, -0.2) is 62.8 Å². The van der Waals surface area contributed by atoms with E-state index in [1.54, 1.807) is 31.2 Å². The van der Waals surface area contributed by atoms with Crippen LogP contribution in [0.4, 0.5) is 15.3 Å². The van der Waals surface area contributed by atoms with Gasteiger partial charge in [-0.25, -0.2) is 9.59 Å². The zero-order chi connectivity index (χ0) is 31.2. The largest absolute Gasteiger partial charge is 0.496 e. The van der Waals surface area contributed by atoms with Crippen LogP contribution in [0.25, 0.3) is 0 Å². The number of alkyl carbamates (subject to hydrolysis) is 1. The summed E-state index contributed by atoms with van der Waals surface area (Å²) in [6, 6.07) is 17.9. The van der Waals surface area contributed by atoms with Crippen molar-refractivity contribution in [1.29, 1.82) is 0 Å². The average molecular weight is 594 g/mol. The molecule has 0 heterocycles. The van der Waals surface area contributed by atoms with Gasteiger partial charge in [0.15, 0.2) is 0 Å². The monoisotopic (exact) mass is 594 g/mol. The topological polar surface area (TPSA) is 162 Å². The third-order valence-electron chi connectivity index (χ3n) is 6.23. The lowest BCUT2D eigenvalue weighted by atomic mass is 9.79. The fraction of sp³-hybridized carbons (Fsp3) is 0.300. The van der Waals surface area contributed by atoms with Crippen LogP contribution in [0.1, 0.15) is 36.1 Å². The van der Waals surface area contributed by atoms with Crippen molar-refractivity contribution in [2.24, 2.45) is 0 Å². The molecule has 0 unspecified atom stereocenters. The van der Waals surface area contributed by atoms with Gasteiger partial charge in [0.05, 0.1) is 39.9 Å². The minimum atomic E-state index is -1.71. The van der Waals surface area contributed by atoms with Gasteiger partial charge in [0.1, 0.15) is 18.1 Å². The predicted molar refractivity (Wildman–Crippen MR) is 158 cm³/mol. The molecule has 0 aromatic heterocycles. The van der Waals surface area contributed by atoms with Crippen LogP contribution in [0.15, 0.2) is 66.7 Å². The van der Waals surface area contributed by atoms with Crippen molar-refractivity contribution in [1.82, 2.24) is 5.32 Å². The molecule has 3 aromatic rings. The van der Waals surface area contributed by atoms with Crippen molar-refractivity contribution in [3.05, 3.63) is 83.4 Å². The van der Waals surface area contributed by atoms with E-state index in [0.717, 1.165) is 5.56 Å². The second-order valence-electron chi connectivity index (χ2n) is 9.18. The van der Waals surface area contributed by atoms with Gasteiger partial charge in [0.2, 0.25) is 0 Å². The van der Waals surface area contributed by atoms with Crippen LogP contribution < -0.4 is 25.6 Å². The first-order valence-corrected chi connectivity index (χ1v) is 13.5. The van der Waals surface area contributed by atoms with Gasteiger partial charge in [-0.05, 0) is 47.8 Å². The molecular formula is C30H35BN2O10. The van der Waals surface area contributed by atoms with Crippen LogP contribution in [-0.2, 0) is 32.0 Å². The summed E-state index contributed by atoms with van der Waals surface area (Å²) in [4.78, 5) is 37.4. The first-order chi connectivity index (χ1) is 20.7. The molecule has 0 bridgehead atoms. The molecule has 12 nitrogen and oxygen atoms in total. The van der Waals surface area contributed by atoms with Gasteiger partial charge in [-0.15, -0.1) is 0 Å². The number of nitrogens with one attached hydrogen (secondary N) is 2. The zero-order valence-electron chi connectivity index (χ0n) is 24.2. The second-order valence-corrected chi connectivity index (χ2v) is 9.18. The Labute approximate surface area is 250 Å². The van der Waals surface area contributed by atoms with Crippen LogP contribution in [0.3, 0.4) is 0 Å². The van der Waals surface area contributed by atoms with Crippen LogP contribution in [0.2, 0.25) is 0 Å². The molecule has 0 radical (unpaired) electrons. The minimum Gasteiger partial charge on any atom is -0.496 e. The number of anilines is 1. The summed E-state index contributed by atoms with van der Waals surface area (Å²) in [6.07, 6.45) is -1.39. The SMILES string of the molecule is CCOC(=O)C[C@@H](NC(=O)OCc1ccccc1)c1cccc(NC(=O)OCCc2c(OC)cc(B(O)O)cc2OC)c1. The van der Waals surface area contributed by atoms with E-state index in [2.05, 4.69) is 10.6 Å². The molecule has 4 N–H and O–H groups in total. The maximum absolute atomic E-state index is 12.6. The Morgan fingerprint density at radius 1 is 0.860 bits per heavy atom. The summed E-state index contributed by atoms with van der Waals surface area (Å²) in [5.41, 5.74) is 2.48. The number of esters is 1. The van der Waals surface area contributed by atoms with Crippen molar-refractivity contribution >= 4 is 36.4 Å². The average Bonchev–Trinajstić information content (AvgIpc) is 3.00. The third kappa shape index (κ3) is 10.2. The molecule has 3 aromatic carbocycles. The number of methoxy groups -OCH3 is 2. The smallest absolute Gasteiger partial charge is 0.488 e. The maximum atomic E-state index is 12.6. The molecule has 13 heteroatoms. The Balaban J connectivity index is 1.64. The van der Waals surface area contributed by atoms with E-state index in [9.17, 15) is 24.4 Å². The summed E-state index contributed by atoms with van der Waals surface area (Å²) < 4.78 is 26.4. The Bertz CT molecular complexity index is 1350. The molecule has 2 amide bonds. The number of carbonyl (C=O) groups is 3. The molecule has 0 aliphatic rings. The Morgan fingerprint density at radius 3 is 2.19 bits per heavy atom. The highest BCUT2D eigenvalue weighted by molar-refractivity contribution is 6.58. The first-order valence-electron chi connectivity index (χ1n) is 13.5. The number of hydrogen-bond donors (Lipinski definition) is 4. The quantitative estimate of drug-likeness (QED) is 0.124. The zero-order valence-corrected chi connectivity index (χ0v) is 24.2. The van der Waals surface area contributed by atoms with Gasteiger partial charge in [0.25, 0.3) is 0 Å². The van der Waals surface area contributed by atoms with Crippen molar-refractivity contribution < 1.29 is 48.1 Å². The van der Waals surface area contributed by atoms with E-state index in [0.29, 0.717) is 28.3 Å². The standard InChI is InChI=1S/C30H35BN2O10/c1-4-41-28(34)18-25(33-30(36)43-19-20-9-6-5-7-10-20)21-11-8-12-23(15-21)32-29(35)42-14-13-24-26(39-2)16-22(31(37)38)17-27(24)40-3/h5-12,15-17,25,37-38H,4,13-14,18-19H2,1-3H3,(H,32,35)(H,33,36)/t25-/m1/s1. The van der Waals surface area contributed by atoms with Crippen molar-refractivity contribution in [2.75, 3.05) is 32.8 Å². The number of benzene rings is 3. The predicted octanol–water partition coefficient (Wildman–Crippen LogP) is 3.10. The van der Waals surface area contributed by atoms with Crippen molar-refractivity contribution in [3.8, 4) is 11.5 Å². The Hall–Kier alpha value is -4.75. The van der Waals surface area contributed by atoms with Crippen molar-refractivity contribution in [2.45, 2.75) is 32.4 Å². The summed E-state index contributed by atoms with van der Waals surface area (Å²) >= 11 is 0. The normalized spacial score (nSPS) is 11.1. The molecule has 3 rings (SSSR count). The van der Waals surface area contributed by atoms with Gasteiger partial charge in [-0.3, -0.25) is 10.1 Å². The first kappa shape index (κ1) is 32.8. The number of carbonyl (C=O) groups excluding carboxylic acids is 3. The molecule has 43 heavy (non-hydrogen) atoms. The lowest BCUT2D eigenvalue weighted by molar-refractivity contribution is -0.143. The molecule has 0 saturated heterocycles. The number of ether oxygens (including phenoxy) is 5. The maximum Gasteiger partial charge on any atom is 0.488 e. The molecule has 0 fully saturated rings. The molecule has 0 aliphatic carbocycles. The van der Waals surface area contributed by atoms with E-state index in [4.69, 9.17) is 23.7 Å². The number of hydrogen-bond acceptors (Lipinski definition) is 10. The van der Waals surface area contributed by atoms with Crippen LogP contribution >= 0.6 is 0 Å². The lowest BCUT2D eigenvalue weighted by Crippen LogP contribution is -2.31. The highest BCUT2D eigenvalue weighted by atomic mass is 16.6. The van der Waals surface area contributed by atoms with E-state index < -0.39 is 31.3 Å². The Kier molecular flexibility index (Phi) is 12.7. The number of amides is 2.